The summed E-state index contributed by atoms with van der Waals surface area (Å²) in [6.45, 7) is 0. The zero-order chi connectivity index (χ0) is 16.2. The van der Waals surface area contributed by atoms with Crippen molar-refractivity contribution in [3.63, 3.8) is 0 Å². The first kappa shape index (κ1) is 14.3. The molecular weight excluding hydrogens is 296 g/mol. The molecule has 0 unspecified atom stereocenters. The van der Waals surface area contributed by atoms with Crippen LogP contribution in [0.15, 0.2) is 97.1 Å². The minimum absolute atomic E-state index is 0.824. The number of rotatable bonds is 4. The molecule has 0 spiro atoms. The molecule has 24 heavy (non-hydrogen) atoms. The van der Waals surface area contributed by atoms with Gasteiger partial charge in [0, 0.05) is 0 Å². The van der Waals surface area contributed by atoms with Gasteiger partial charge < -0.3 is 9.47 Å². The van der Waals surface area contributed by atoms with Crippen LogP contribution in [0.4, 0.5) is 0 Å². The summed E-state index contributed by atoms with van der Waals surface area (Å²) in [6, 6.07) is 31.7. The predicted molar refractivity (Wildman–Crippen MR) is 97.0 cm³/mol. The largest absolute Gasteiger partial charge is 0.457 e. The molecule has 0 radical (unpaired) electrons. The first-order chi connectivity index (χ1) is 11.9. The average molecular weight is 312 g/mol. The minimum atomic E-state index is 0.824. The van der Waals surface area contributed by atoms with Gasteiger partial charge in [0.1, 0.15) is 23.0 Å². The standard InChI is InChI=1S/C22H16O2/c1-3-7-19(8-4-1)23-21-13-11-18-16-22(14-12-17(18)15-21)24-20-9-5-2-6-10-20/h1-16H. The van der Waals surface area contributed by atoms with Crippen LogP contribution in [0.3, 0.4) is 0 Å². The van der Waals surface area contributed by atoms with Gasteiger partial charge in [-0.3, -0.25) is 0 Å². The lowest BCUT2D eigenvalue weighted by Crippen LogP contribution is -1.86. The Morgan fingerprint density at radius 1 is 0.375 bits per heavy atom. The van der Waals surface area contributed by atoms with E-state index in [1.165, 1.54) is 0 Å². The number of hydrogen-bond acceptors (Lipinski definition) is 2. The number of fused-ring (bicyclic) bond motifs is 1. The molecule has 2 nitrogen and oxygen atoms in total. The molecule has 0 bridgehead atoms. The maximum atomic E-state index is 5.88. The first-order valence-electron chi connectivity index (χ1n) is 7.86. The Kier molecular flexibility index (Phi) is 3.86. The SMILES string of the molecule is c1ccc(Oc2ccc3cc(Oc4ccccc4)ccc3c2)cc1. The molecule has 0 aliphatic heterocycles. The molecule has 0 aliphatic carbocycles. The Labute approximate surface area is 140 Å². The molecule has 0 atom stereocenters. The van der Waals surface area contributed by atoms with Crippen molar-refractivity contribution in [3.8, 4) is 23.0 Å². The van der Waals surface area contributed by atoms with Crippen LogP contribution in [0.1, 0.15) is 0 Å². The average Bonchev–Trinajstić information content (AvgIpc) is 2.64. The van der Waals surface area contributed by atoms with Crippen molar-refractivity contribution in [2.75, 3.05) is 0 Å². The molecule has 0 aromatic heterocycles. The maximum absolute atomic E-state index is 5.88. The molecule has 4 aromatic carbocycles. The van der Waals surface area contributed by atoms with Crippen molar-refractivity contribution in [3.05, 3.63) is 97.1 Å². The second kappa shape index (κ2) is 6.47. The van der Waals surface area contributed by atoms with Crippen LogP contribution in [0.25, 0.3) is 10.8 Å². The summed E-state index contributed by atoms with van der Waals surface area (Å²) in [4.78, 5) is 0. The van der Waals surface area contributed by atoms with Crippen molar-refractivity contribution in [2.24, 2.45) is 0 Å². The second-order valence-electron chi connectivity index (χ2n) is 5.50. The fourth-order valence-electron chi connectivity index (χ4n) is 2.58. The summed E-state index contributed by atoms with van der Waals surface area (Å²) in [6.07, 6.45) is 0. The lowest BCUT2D eigenvalue weighted by atomic mass is 10.1. The monoisotopic (exact) mass is 312 g/mol. The van der Waals surface area contributed by atoms with Gasteiger partial charge in [-0.2, -0.15) is 0 Å². The summed E-state index contributed by atoms with van der Waals surface area (Å²) in [5, 5.41) is 2.23. The highest BCUT2D eigenvalue weighted by atomic mass is 16.5. The van der Waals surface area contributed by atoms with Gasteiger partial charge in [0.15, 0.2) is 0 Å². The van der Waals surface area contributed by atoms with E-state index >= 15 is 0 Å². The number of hydrogen-bond donors (Lipinski definition) is 0. The first-order valence-corrected chi connectivity index (χ1v) is 7.86. The number of benzene rings is 4. The van der Waals surface area contributed by atoms with Crippen molar-refractivity contribution >= 4 is 10.8 Å². The summed E-state index contributed by atoms with van der Waals surface area (Å²) in [5.41, 5.74) is 0. The topological polar surface area (TPSA) is 18.5 Å². The normalized spacial score (nSPS) is 10.5. The van der Waals surface area contributed by atoms with Crippen molar-refractivity contribution < 1.29 is 9.47 Å². The summed E-state index contributed by atoms with van der Waals surface area (Å²) in [7, 11) is 0. The maximum Gasteiger partial charge on any atom is 0.128 e. The third-order valence-corrected chi connectivity index (χ3v) is 3.74. The van der Waals surface area contributed by atoms with Crippen molar-refractivity contribution in [1.29, 1.82) is 0 Å². The Balaban J connectivity index is 1.59. The van der Waals surface area contributed by atoms with Crippen LogP contribution < -0.4 is 9.47 Å². The zero-order valence-corrected chi connectivity index (χ0v) is 13.1. The van der Waals surface area contributed by atoms with Gasteiger partial charge >= 0.3 is 0 Å². The van der Waals surface area contributed by atoms with E-state index in [4.69, 9.17) is 9.47 Å². The molecule has 4 rings (SSSR count). The van der Waals surface area contributed by atoms with Crippen LogP contribution in [0.5, 0.6) is 23.0 Å². The lowest BCUT2D eigenvalue weighted by molar-refractivity contribution is 0.482. The van der Waals surface area contributed by atoms with E-state index in [0.29, 0.717) is 0 Å². The molecule has 0 saturated heterocycles. The lowest BCUT2D eigenvalue weighted by Gasteiger charge is -2.09. The highest BCUT2D eigenvalue weighted by molar-refractivity contribution is 5.85. The van der Waals surface area contributed by atoms with E-state index in [1.54, 1.807) is 0 Å². The van der Waals surface area contributed by atoms with E-state index in [2.05, 4.69) is 0 Å². The number of para-hydroxylation sites is 2. The molecule has 0 N–H and O–H groups in total. The highest BCUT2D eigenvalue weighted by Crippen LogP contribution is 2.29. The fraction of sp³-hybridized carbons (Fsp3) is 0. The molecular formula is C22H16O2. The molecule has 0 saturated carbocycles. The van der Waals surface area contributed by atoms with Gasteiger partial charge in [-0.05, 0) is 59.3 Å². The second-order valence-corrected chi connectivity index (χ2v) is 5.50. The van der Waals surface area contributed by atoms with E-state index in [1.807, 2.05) is 97.1 Å². The van der Waals surface area contributed by atoms with Crippen molar-refractivity contribution in [1.82, 2.24) is 0 Å². The van der Waals surface area contributed by atoms with Gasteiger partial charge in [0.2, 0.25) is 0 Å². The smallest absolute Gasteiger partial charge is 0.128 e. The Hall–Kier alpha value is -3.26. The zero-order valence-electron chi connectivity index (χ0n) is 13.1. The van der Waals surface area contributed by atoms with Crippen LogP contribution in [-0.2, 0) is 0 Å². The molecule has 2 heteroatoms. The quantitative estimate of drug-likeness (QED) is 0.432. The summed E-state index contributed by atoms with van der Waals surface area (Å²) in [5.74, 6) is 3.32. The third-order valence-electron chi connectivity index (χ3n) is 3.74. The van der Waals surface area contributed by atoms with Gasteiger partial charge in [0.25, 0.3) is 0 Å². The van der Waals surface area contributed by atoms with Crippen LogP contribution >= 0.6 is 0 Å². The van der Waals surface area contributed by atoms with Gasteiger partial charge in [0.05, 0.1) is 0 Å². The van der Waals surface area contributed by atoms with E-state index < -0.39 is 0 Å². The Bertz CT molecular complexity index is 866. The molecule has 0 amide bonds. The van der Waals surface area contributed by atoms with E-state index in [0.717, 1.165) is 33.8 Å². The van der Waals surface area contributed by atoms with Crippen molar-refractivity contribution in [2.45, 2.75) is 0 Å². The van der Waals surface area contributed by atoms with Crippen LogP contribution in [-0.4, -0.2) is 0 Å². The van der Waals surface area contributed by atoms with Gasteiger partial charge in [-0.1, -0.05) is 48.5 Å². The minimum Gasteiger partial charge on any atom is -0.457 e. The third kappa shape index (κ3) is 3.23. The molecule has 0 heterocycles. The van der Waals surface area contributed by atoms with E-state index in [9.17, 15) is 0 Å². The summed E-state index contributed by atoms with van der Waals surface area (Å²) >= 11 is 0. The van der Waals surface area contributed by atoms with Gasteiger partial charge in [-0.25, -0.2) is 0 Å². The molecule has 0 aliphatic rings. The Morgan fingerprint density at radius 3 is 1.21 bits per heavy atom. The fourth-order valence-corrected chi connectivity index (χ4v) is 2.58. The number of ether oxygens (including phenoxy) is 2. The Morgan fingerprint density at radius 2 is 0.792 bits per heavy atom. The summed E-state index contributed by atoms with van der Waals surface area (Å²) < 4.78 is 11.8. The van der Waals surface area contributed by atoms with Crippen LogP contribution in [0.2, 0.25) is 0 Å². The van der Waals surface area contributed by atoms with Crippen LogP contribution in [0, 0.1) is 0 Å². The van der Waals surface area contributed by atoms with Gasteiger partial charge in [-0.15, -0.1) is 0 Å². The molecule has 4 aromatic rings. The molecule has 0 fully saturated rings. The molecule has 116 valence electrons. The predicted octanol–water partition coefficient (Wildman–Crippen LogP) is 6.42. The van der Waals surface area contributed by atoms with E-state index in [-0.39, 0.29) is 0 Å². The highest BCUT2D eigenvalue weighted by Gasteiger charge is 2.02.